The molecule has 1 aromatic rings. The molecular formula is C19H26O6. The van der Waals surface area contributed by atoms with E-state index in [9.17, 15) is 0 Å². The lowest BCUT2D eigenvalue weighted by Gasteiger charge is -2.48. The van der Waals surface area contributed by atoms with Crippen LogP contribution in [0.2, 0.25) is 0 Å². The van der Waals surface area contributed by atoms with Gasteiger partial charge in [0.2, 0.25) is 0 Å². The Morgan fingerprint density at radius 1 is 0.920 bits per heavy atom. The highest BCUT2D eigenvalue weighted by Gasteiger charge is 2.58. The summed E-state index contributed by atoms with van der Waals surface area (Å²) < 4.78 is 36.2. The van der Waals surface area contributed by atoms with Crippen LogP contribution in [-0.2, 0) is 35.0 Å². The number of rotatable bonds is 3. The second-order valence-electron chi connectivity index (χ2n) is 7.70. The molecule has 138 valence electrons. The van der Waals surface area contributed by atoms with Gasteiger partial charge in [-0.2, -0.15) is 0 Å². The van der Waals surface area contributed by atoms with Gasteiger partial charge in [0.05, 0.1) is 13.2 Å². The Bertz CT molecular complexity index is 601. The summed E-state index contributed by atoms with van der Waals surface area (Å²) in [6.07, 6.45) is -1.60. The van der Waals surface area contributed by atoms with Crippen LogP contribution in [0.5, 0.6) is 0 Å². The molecule has 3 aliphatic rings. The van der Waals surface area contributed by atoms with Crippen molar-refractivity contribution in [1.29, 1.82) is 0 Å². The van der Waals surface area contributed by atoms with E-state index in [1.807, 2.05) is 58.0 Å². The van der Waals surface area contributed by atoms with Crippen molar-refractivity contribution in [3.8, 4) is 0 Å². The second kappa shape index (κ2) is 6.30. The van der Waals surface area contributed by atoms with E-state index in [4.69, 9.17) is 28.4 Å². The fourth-order valence-electron chi connectivity index (χ4n) is 3.63. The first kappa shape index (κ1) is 17.4. The van der Waals surface area contributed by atoms with Crippen LogP contribution >= 0.6 is 0 Å². The SMILES string of the molecule is CC1(C)OC[C@H]2OC(OCc3ccccc3)[C@@H]3OC(C)(C)O[C@H]3[C@H]2O1. The van der Waals surface area contributed by atoms with E-state index in [-0.39, 0.29) is 24.4 Å². The molecule has 0 amide bonds. The van der Waals surface area contributed by atoms with Gasteiger partial charge in [0, 0.05) is 0 Å². The zero-order valence-electron chi connectivity index (χ0n) is 15.1. The number of hydrogen-bond acceptors (Lipinski definition) is 6. The molecule has 0 aliphatic carbocycles. The van der Waals surface area contributed by atoms with Gasteiger partial charge < -0.3 is 28.4 Å². The molecule has 0 radical (unpaired) electrons. The minimum atomic E-state index is -0.701. The Kier molecular flexibility index (Phi) is 4.38. The highest BCUT2D eigenvalue weighted by Crippen LogP contribution is 2.42. The van der Waals surface area contributed by atoms with E-state index >= 15 is 0 Å². The topological polar surface area (TPSA) is 55.4 Å². The minimum absolute atomic E-state index is 0.243. The number of fused-ring (bicyclic) bond motifs is 3. The fourth-order valence-corrected chi connectivity index (χ4v) is 3.63. The summed E-state index contributed by atoms with van der Waals surface area (Å²) in [6.45, 7) is 8.49. The standard InChI is InChI=1S/C19H26O6/c1-18(2)21-11-13-14(23-18)15-16(25-19(3,4)24-15)17(22-13)20-10-12-8-6-5-7-9-12/h5-9,13-17H,10-11H2,1-4H3/t13-,14+,15+,16-,17?/m1/s1. The summed E-state index contributed by atoms with van der Waals surface area (Å²) in [7, 11) is 0. The van der Waals surface area contributed by atoms with E-state index in [0.29, 0.717) is 13.2 Å². The molecule has 5 atom stereocenters. The molecule has 0 bridgehead atoms. The highest BCUT2D eigenvalue weighted by atomic mass is 16.8. The van der Waals surface area contributed by atoms with Crippen molar-refractivity contribution in [3.05, 3.63) is 35.9 Å². The molecule has 3 heterocycles. The maximum Gasteiger partial charge on any atom is 0.187 e. The van der Waals surface area contributed by atoms with Gasteiger partial charge in [-0.3, -0.25) is 0 Å². The normalized spacial score (nSPS) is 38.8. The van der Waals surface area contributed by atoms with Gasteiger partial charge in [-0.25, -0.2) is 0 Å². The third-order valence-corrected chi connectivity index (χ3v) is 4.70. The average Bonchev–Trinajstić information content (AvgIpc) is 2.89. The molecule has 6 heteroatoms. The van der Waals surface area contributed by atoms with Crippen LogP contribution in [0.15, 0.2) is 30.3 Å². The quantitative estimate of drug-likeness (QED) is 0.835. The first-order chi connectivity index (χ1) is 11.8. The van der Waals surface area contributed by atoms with Crippen LogP contribution in [0.3, 0.4) is 0 Å². The Morgan fingerprint density at radius 2 is 1.60 bits per heavy atom. The van der Waals surface area contributed by atoms with E-state index in [1.54, 1.807) is 0 Å². The van der Waals surface area contributed by atoms with E-state index < -0.39 is 17.9 Å². The van der Waals surface area contributed by atoms with E-state index in [0.717, 1.165) is 5.56 Å². The summed E-state index contributed by atoms with van der Waals surface area (Å²) in [5, 5.41) is 0. The third-order valence-electron chi connectivity index (χ3n) is 4.70. The predicted molar refractivity (Wildman–Crippen MR) is 88.6 cm³/mol. The maximum absolute atomic E-state index is 6.14. The zero-order chi connectivity index (χ0) is 17.7. The molecule has 1 unspecified atom stereocenters. The summed E-state index contributed by atoms with van der Waals surface area (Å²) >= 11 is 0. The maximum atomic E-state index is 6.14. The van der Waals surface area contributed by atoms with Gasteiger partial charge in [0.15, 0.2) is 17.9 Å². The molecule has 3 aliphatic heterocycles. The zero-order valence-corrected chi connectivity index (χ0v) is 15.1. The van der Waals surface area contributed by atoms with Crippen LogP contribution in [0.25, 0.3) is 0 Å². The van der Waals surface area contributed by atoms with Gasteiger partial charge in [0.1, 0.15) is 24.4 Å². The molecule has 3 fully saturated rings. The van der Waals surface area contributed by atoms with E-state index in [1.165, 1.54) is 0 Å². The Labute approximate surface area is 148 Å². The van der Waals surface area contributed by atoms with Crippen LogP contribution in [0.1, 0.15) is 33.3 Å². The molecular weight excluding hydrogens is 324 g/mol. The van der Waals surface area contributed by atoms with Crippen molar-refractivity contribution in [2.45, 2.75) is 76.6 Å². The lowest BCUT2D eigenvalue weighted by molar-refractivity contribution is -0.371. The summed E-state index contributed by atoms with van der Waals surface area (Å²) in [5.41, 5.74) is 1.08. The van der Waals surface area contributed by atoms with Crippen LogP contribution in [0.4, 0.5) is 0 Å². The molecule has 3 saturated heterocycles. The smallest absolute Gasteiger partial charge is 0.187 e. The lowest BCUT2D eigenvalue weighted by atomic mass is 9.97. The fraction of sp³-hybridized carbons (Fsp3) is 0.684. The Hall–Kier alpha value is -1.02. The number of benzene rings is 1. The number of hydrogen-bond donors (Lipinski definition) is 0. The molecule has 0 saturated carbocycles. The summed E-state index contributed by atoms with van der Waals surface area (Å²) in [5.74, 6) is -1.36. The van der Waals surface area contributed by atoms with Gasteiger partial charge >= 0.3 is 0 Å². The molecule has 6 nitrogen and oxygen atoms in total. The van der Waals surface area contributed by atoms with Gasteiger partial charge in [-0.05, 0) is 33.3 Å². The summed E-state index contributed by atoms with van der Waals surface area (Å²) in [4.78, 5) is 0. The first-order valence-corrected chi connectivity index (χ1v) is 8.81. The molecule has 25 heavy (non-hydrogen) atoms. The Morgan fingerprint density at radius 3 is 2.36 bits per heavy atom. The van der Waals surface area contributed by atoms with Crippen molar-refractivity contribution >= 4 is 0 Å². The first-order valence-electron chi connectivity index (χ1n) is 8.81. The third kappa shape index (κ3) is 3.60. The van der Waals surface area contributed by atoms with E-state index in [2.05, 4.69) is 0 Å². The lowest BCUT2D eigenvalue weighted by Crippen LogP contribution is -2.63. The van der Waals surface area contributed by atoms with Gasteiger partial charge in [-0.15, -0.1) is 0 Å². The second-order valence-corrected chi connectivity index (χ2v) is 7.70. The van der Waals surface area contributed by atoms with Crippen molar-refractivity contribution in [2.24, 2.45) is 0 Å². The largest absolute Gasteiger partial charge is 0.348 e. The van der Waals surface area contributed by atoms with Crippen molar-refractivity contribution in [2.75, 3.05) is 6.61 Å². The molecule has 0 aromatic heterocycles. The molecule has 4 rings (SSSR count). The van der Waals surface area contributed by atoms with Gasteiger partial charge in [-0.1, -0.05) is 30.3 Å². The van der Waals surface area contributed by atoms with Crippen LogP contribution < -0.4 is 0 Å². The summed E-state index contributed by atoms with van der Waals surface area (Å²) in [6, 6.07) is 10.0. The number of ether oxygens (including phenoxy) is 6. The van der Waals surface area contributed by atoms with Crippen molar-refractivity contribution in [3.63, 3.8) is 0 Å². The average molecular weight is 350 g/mol. The minimum Gasteiger partial charge on any atom is -0.348 e. The molecule has 1 aromatic carbocycles. The van der Waals surface area contributed by atoms with Crippen LogP contribution in [0, 0.1) is 0 Å². The van der Waals surface area contributed by atoms with Crippen molar-refractivity contribution in [1.82, 2.24) is 0 Å². The molecule has 0 spiro atoms. The molecule has 0 N–H and O–H groups in total. The Balaban J connectivity index is 1.51. The predicted octanol–water partition coefficient (Wildman–Crippen LogP) is 2.60. The highest BCUT2D eigenvalue weighted by molar-refractivity contribution is 5.13. The van der Waals surface area contributed by atoms with Crippen LogP contribution in [-0.4, -0.2) is 48.9 Å². The monoisotopic (exact) mass is 350 g/mol. The van der Waals surface area contributed by atoms with Gasteiger partial charge in [0.25, 0.3) is 0 Å². The van der Waals surface area contributed by atoms with Crippen molar-refractivity contribution < 1.29 is 28.4 Å².